The Morgan fingerprint density at radius 1 is 1.19 bits per heavy atom. The summed E-state index contributed by atoms with van der Waals surface area (Å²) in [5.74, 6) is -0.398. The van der Waals surface area contributed by atoms with E-state index < -0.39 is 30.8 Å². The molecule has 2 aromatic rings. The zero-order valence-electron chi connectivity index (χ0n) is 10.2. The normalized spacial score (nSPS) is 12.0. The number of rotatable bonds is 4. The van der Waals surface area contributed by atoms with Crippen LogP contribution in [0.15, 0.2) is 34.8 Å². The minimum atomic E-state index is -4.69. The van der Waals surface area contributed by atoms with Gasteiger partial charge in [-0.3, -0.25) is 0 Å². The Hall–Kier alpha value is -1.64. The lowest BCUT2D eigenvalue weighted by atomic mass is 10.3. The molecule has 114 valence electrons. The highest BCUT2D eigenvalue weighted by Crippen LogP contribution is 2.32. The van der Waals surface area contributed by atoms with Gasteiger partial charge in [0.05, 0.1) is 5.69 Å². The van der Waals surface area contributed by atoms with E-state index in [-0.39, 0.29) is 5.69 Å². The summed E-state index contributed by atoms with van der Waals surface area (Å²) in [4.78, 5) is 0. The number of alkyl halides is 5. The zero-order chi connectivity index (χ0) is 15.6. The van der Waals surface area contributed by atoms with Crippen molar-refractivity contribution in [2.75, 3.05) is 6.61 Å². The quantitative estimate of drug-likeness (QED) is 0.750. The smallest absolute Gasteiger partial charge is 0.435 e. The molecule has 21 heavy (non-hydrogen) atoms. The van der Waals surface area contributed by atoms with Crippen molar-refractivity contribution in [3.63, 3.8) is 0 Å². The molecule has 0 radical (unpaired) electrons. The molecule has 0 saturated carbocycles. The van der Waals surface area contributed by atoms with Gasteiger partial charge in [0, 0.05) is 10.5 Å². The van der Waals surface area contributed by atoms with E-state index in [0.717, 1.165) is 4.68 Å². The van der Waals surface area contributed by atoms with Crippen LogP contribution in [0.3, 0.4) is 0 Å². The van der Waals surface area contributed by atoms with Crippen LogP contribution in [0.2, 0.25) is 0 Å². The van der Waals surface area contributed by atoms with Gasteiger partial charge in [0.15, 0.2) is 12.3 Å². The maximum Gasteiger partial charge on any atom is 0.435 e. The number of hydrogen-bond acceptors (Lipinski definition) is 2. The van der Waals surface area contributed by atoms with E-state index in [1.807, 2.05) is 0 Å². The lowest BCUT2D eigenvalue weighted by molar-refractivity contribution is -0.141. The number of ether oxygens (including phenoxy) is 1. The molecule has 0 aliphatic carbocycles. The fourth-order valence-electron chi connectivity index (χ4n) is 1.52. The first-order valence-corrected chi connectivity index (χ1v) is 6.41. The lowest BCUT2D eigenvalue weighted by Gasteiger charge is -2.08. The molecule has 0 N–H and O–H groups in total. The molecule has 1 aromatic carbocycles. The van der Waals surface area contributed by atoms with Gasteiger partial charge < -0.3 is 4.74 Å². The molecular formula is C12H8BrF5N2O. The summed E-state index contributed by atoms with van der Waals surface area (Å²) >= 11 is 3.18. The summed E-state index contributed by atoms with van der Waals surface area (Å²) in [7, 11) is 0. The average molecular weight is 371 g/mol. The summed E-state index contributed by atoms with van der Waals surface area (Å²) in [6.45, 7) is -1.01. The molecule has 1 heterocycles. The number of hydrogen-bond donors (Lipinski definition) is 0. The Morgan fingerprint density at radius 3 is 2.33 bits per heavy atom. The van der Waals surface area contributed by atoms with Crippen molar-refractivity contribution in [2.45, 2.75) is 12.6 Å². The molecular weight excluding hydrogens is 363 g/mol. The first-order chi connectivity index (χ1) is 9.77. The van der Waals surface area contributed by atoms with Crippen molar-refractivity contribution in [3.8, 4) is 11.6 Å². The van der Waals surface area contributed by atoms with Gasteiger partial charge in [-0.25, -0.2) is 13.5 Å². The Kier molecular flexibility index (Phi) is 4.50. The molecule has 0 aliphatic rings. The number of nitrogens with zero attached hydrogens (tertiary/aromatic N) is 2. The Morgan fingerprint density at radius 2 is 1.81 bits per heavy atom. The number of halogens is 6. The van der Waals surface area contributed by atoms with Crippen LogP contribution < -0.4 is 4.74 Å². The lowest BCUT2D eigenvalue weighted by Crippen LogP contribution is -2.10. The van der Waals surface area contributed by atoms with E-state index in [1.165, 1.54) is 12.1 Å². The molecule has 0 saturated heterocycles. The highest BCUT2D eigenvalue weighted by atomic mass is 79.9. The van der Waals surface area contributed by atoms with E-state index in [1.54, 1.807) is 12.1 Å². The minimum Gasteiger partial charge on any atom is -0.471 e. The highest BCUT2D eigenvalue weighted by molar-refractivity contribution is 9.10. The topological polar surface area (TPSA) is 27.1 Å². The van der Waals surface area contributed by atoms with E-state index in [4.69, 9.17) is 4.74 Å². The molecule has 0 atom stereocenters. The zero-order valence-corrected chi connectivity index (χ0v) is 11.8. The largest absolute Gasteiger partial charge is 0.471 e. The molecule has 0 fully saturated rings. The fourth-order valence-corrected chi connectivity index (χ4v) is 1.79. The molecule has 0 bridgehead atoms. The molecule has 0 aliphatic heterocycles. The van der Waals surface area contributed by atoms with Gasteiger partial charge in [0.1, 0.15) is 0 Å². The van der Waals surface area contributed by atoms with Crippen molar-refractivity contribution >= 4 is 15.9 Å². The van der Waals surface area contributed by atoms with Crippen LogP contribution in [0.5, 0.6) is 5.88 Å². The van der Waals surface area contributed by atoms with Gasteiger partial charge >= 0.3 is 6.18 Å². The van der Waals surface area contributed by atoms with E-state index >= 15 is 0 Å². The third kappa shape index (κ3) is 3.93. The van der Waals surface area contributed by atoms with Crippen LogP contribution in [-0.2, 0) is 6.18 Å². The SMILES string of the molecule is FC(F)COc1cc(C(F)(F)F)nn1-c1ccc(Br)cc1. The molecule has 1 aromatic heterocycles. The third-order valence-electron chi connectivity index (χ3n) is 2.40. The van der Waals surface area contributed by atoms with Gasteiger partial charge in [0.25, 0.3) is 6.43 Å². The van der Waals surface area contributed by atoms with Gasteiger partial charge in [-0.05, 0) is 24.3 Å². The monoisotopic (exact) mass is 370 g/mol. The van der Waals surface area contributed by atoms with E-state index in [0.29, 0.717) is 10.5 Å². The van der Waals surface area contributed by atoms with Crippen molar-refractivity contribution < 1.29 is 26.7 Å². The third-order valence-corrected chi connectivity index (χ3v) is 2.92. The fraction of sp³-hybridized carbons (Fsp3) is 0.250. The predicted octanol–water partition coefficient (Wildman–Crippen LogP) is 4.30. The second-order valence-corrected chi connectivity index (χ2v) is 4.87. The van der Waals surface area contributed by atoms with Crippen LogP contribution in [0.1, 0.15) is 5.69 Å². The number of aromatic nitrogens is 2. The molecule has 2 rings (SSSR count). The van der Waals surface area contributed by atoms with Gasteiger partial charge in [-0.1, -0.05) is 15.9 Å². The Labute approximate surface area is 124 Å². The minimum absolute atomic E-state index is 0.262. The van der Waals surface area contributed by atoms with Crippen LogP contribution in [0.4, 0.5) is 22.0 Å². The molecule has 3 nitrogen and oxygen atoms in total. The first-order valence-electron chi connectivity index (χ1n) is 5.61. The van der Waals surface area contributed by atoms with Crippen molar-refractivity contribution in [3.05, 3.63) is 40.5 Å². The second-order valence-electron chi connectivity index (χ2n) is 3.96. The van der Waals surface area contributed by atoms with E-state index in [2.05, 4.69) is 21.0 Å². The second kappa shape index (κ2) is 6.00. The van der Waals surface area contributed by atoms with E-state index in [9.17, 15) is 22.0 Å². The van der Waals surface area contributed by atoms with Crippen LogP contribution in [0.25, 0.3) is 5.69 Å². The molecule has 0 spiro atoms. The Balaban J connectivity index is 2.41. The van der Waals surface area contributed by atoms with Gasteiger partial charge in [-0.15, -0.1) is 0 Å². The summed E-state index contributed by atoms with van der Waals surface area (Å²) in [6, 6.07) is 6.71. The van der Waals surface area contributed by atoms with Crippen LogP contribution in [0, 0.1) is 0 Å². The van der Waals surface area contributed by atoms with Gasteiger partial charge in [0.2, 0.25) is 5.88 Å². The molecule has 0 unspecified atom stereocenters. The summed E-state index contributed by atoms with van der Waals surface area (Å²) in [5, 5.41) is 3.37. The van der Waals surface area contributed by atoms with Crippen molar-refractivity contribution in [1.82, 2.24) is 9.78 Å². The highest BCUT2D eigenvalue weighted by Gasteiger charge is 2.35. The van der Waals surface area contributed by atoms with Gasteiger partial charge in [-0.2, -0.15) is 18.3 Å². The first kappa shape index (κ1) is 15.7. The number of benzene rings is 1. The predicted molar refractivity (Wildman–Crippen MR) is 67.8 cm³/mol. The van der Waals surface area contributed by atoms with Crippen LogP contribution in [-0.4, -0.2) is 22.8 Å². The standard InChI is InChI=1S/C12H8BrF5N2O/c13-7-1-3-8(4-2-7)20-11(21-6-10(14)15)5-9(19-20)12(16,17)18/h1-5,10H,6H2. The average Bonchev–Trinajstić information content (AvgIpc) is 2.81. The summed E-state index contributed by atoms with van der Waals surface area (Å²) in [5.41, 5.74) is -0.951. The molecule has 0 amide bonds. The summed E-state index contributed by atoms with van der Waals surface area (Å²) in [6.07, 6.45) is -7.49. The van der Waals surface area contributed by atoms with Crippen molar-refractivity contribution in [2.24, 2.45) is 0 Å². The van der Waals surface area contributed by atoms with Crippen LogP contribution >= 0.6 is 15.9 Å². The maximum absolute atomic E-state index is 12.7. The Bertz CT molecular complexity index is 609. The summed E-state index contributed by atoms with van der Waals surface area (Å²) < 4.78 is 68.6. The van der Waals surface area contributed by atoms with Crippen molar-refractivity contribution in [1.29, 1.82) is 0 Å². The molecule has 9 heteroatoms. The maximum atomic E-state index is 12.7.